The van der Waals surface area contributed by atoms with Crippen LogP contribution in [0, 0.1) is 11.6 Å². The molecule has 4 rings (SSSR count). The van der Waals surface area contributed by atoms with Crippen molar-refractivity contribution in [3.05, 3.63) is 58.0 Å². The number of benzene rings is 1. The van der Waals surface area contributed by atoms with Gasteiger partial charge in [-0.1, -0.05) is 6.07 Å². The van der Waals surface area contributed by atoms with Crippen molar-refractivity contribution in [2.45, 2.75) is 37.8 Å². The van der Waals surface area contributed by atoms with Crippen molar-refractivity contribution in [3.63, 3.8) is 0 Å². The third kappa shape index (κ3) is 4.21. The van der Waals surface area contributed by atoms with E-state index in [-0.39, 0.29) is 36.0 Å². The van der Waals surface area contributed by atoms with Gasteiger partial charge in [0.2, 0.25) is 5.91 Å². The summed E-state index contributed by atoms with van der Waals surface area (Å²) in [6.45, 7) is 1.89. The van der Waals surface area contributed by atoms with Gasteiger partial charge in [-0.25, -0.2) is 13.5 Å². The van der Waals surface area contributed by atoms with Crippen LogP contribution < -0.4 is 10.5 Å². The minimum Gasteiger partial charge on any atom is -0.391 e. The van der Waals surface area contributed by atoms with Crippen LogP contribution in [0.2, 0.25) is 0 Å². The number of anilines is 1. The third-order valence-corrected chi connectivity index (χ3v) is 5.82. The molecule has 0 bridgehead atoms. The highest BCUT2D eigenvalue weighted by Crippen LogP contribution is 2.23. The topological polar surface area (TPSA) is 78.7 Å². The Bertz CT molecular complexity index is 976. The fourth-order valence-electron chi connectivity index (χ4n) is 4.18. The molecule has 0 radical (unpaired) electrons. The quantitative estimate of drug-likeness (QED) is 0.814. The molecule has 2 aliphatic heterocycles. The van der Waals surface area contributed by atoms with Crippen LogP contribution in [-0.4, -0.2) is 58.0 Å². The third-order valence-electron chi connectivity index (χ3n) is 5.82. The van der Waals surface area contributed by atoms with Crippen molar-refractivity contribution >= 4 is 11.6 Å². The summed E-state index contributed by atoms with van der Waals surface area (Å²) in [5, 5.41) is 14.0. The molecule has 2 atom stereocenters. The first-order valence-electron chi connectivity index (χ1n) is 10.1. The first-order chi connectivity index (χ1) is 14.4. The minimum atomic E-state index is -0.739. The second kappa shape index (κ2) is 8.51. The Morgan fingerprint density at radius 1 is 1.17 bits per heavy atom. The summed E-state index contributed by atoms with van der Waals surface area (Å²) in [5.41, 5.74) is 0.164. The van der Waals surface area contributed by atoms with Gasteiger partial charge in [-0.3, -0.25) is 9.59 Å². The lowest BCUT2D eigenvalue weighted by Gasteiger charge is -2.33. The van der Waals surface area contributed by atoms with Crippen LogP contribution in [0.25, 0.3) is 0 Å². The zero-order chi connectivity index (χ0) is 21.3. The van der Waals surface area contributed by atoms with E-state index in [1.54, 1.807) is 11.1 Å². The second-order valence-corrected chi connectivity index (χ2v) is 7.90. The Balaban J connectivity index is 1.46. The normalized spacial score (nSPS) is 21.8. The Morgan fingerprint density at radius 2 is 1.93 bits per heavy atom. The highest BCUT2D eigenvalue weighted by atomic mass is 19.1. The number of hydrogen-bond acceptors (Lipinski definition) is 5. The zero-order valence-electron chi connectivity index (χ0n) is 16.5. The fourth-order valence-corrected chi connectivity index (χ4v) is 4.18. The van der Waals surface area contributed by atoms with Crippen molar-refractivity contribution in [1.29, 1.82) is 0 Å². The number of aliphatic hydroxyl groups is 1. The highest BCUT2D eigenvalue weighted by molar-refractivity contribution is 5.79. The number of halogens is 2. The number of nitrogens with zero attached hydrogens (tertiary/aromatic N) is 4. The van der Waals surface area contributed by atoms with Gasteiger partial charge in [0.15, 0.2) is 0 Å². The van der Waals surface area contributed by atoms with Crippen molar-refractivity contribution in [3.8, 4) is 0 Å². The van der Waals surface area contributed by atoms with Gasteiger partial charge in [0, 0.05) is 37.8 Å². The van der Waals surface area contributed by atoms with E-state index in [1.165, 1.54) is 16.8 Å². The molecule has 2 saturated heterocycles. The van der Waals surface area contributed by atoms with E-state index in [2.05, 4.69) is 5.10 Å². The number of piperidine rings is 1. The molecule has 0 spiro atoms. The number of β-amino-alcohol motifs (C(OH)–C–C–N with tert-alkyl or cyclic N) is 1. The molecule has 9 heteroatoms. The molecule has 1 aromatic carbocycles. The predicted molar refractivity (Wildman–Crippen MR) is 106 cm³/mol. The SMILES string of the molecule is O=C(Cc1c(F)cccc1F)N1CCC[C@@H](n2ncc(N3CC[C@H](O)C3)cc2=O)C1. The number of aromatic nitrogens is 2. The van der Waals surface area contributed by atoms with E-state index in [0.29, 0.717) is 44.6 Å². The Labute approximate surface area is 172 Å². The Hall–Kier alpha value is -2.81. The van der Waals surface area contributed by atoms with Gasteiger partial charge in [-0.15, -0.1) is 0 Å². The van der Waals surface area contributed by atoms with Gasteiger partial charge in [-0.2, -0.15) is 5.10 Å². The van der Waals surface area contributed by atoms with Crippen LogP contribution >= 0.6 is 0 Å². The van der Waals surface area contributed by atoms with Gasteiger partial charge >= 0.3 is 0 Å². The van der Waals surface area contributed by atoms with Crippen molar-refractivity contribution in [2.24, 2.45) is 0 Å². The van der Waals surface area contributed by atoms with Gasteiger partial charge in [0.1, 0.15) is 11.6 Å². The van der Waals surface area contributed by atoms with Crippen LogP contribution in [-0.2, 0) is 11.2 Å². The number of aliphatic hydroxyl groups excluding tert-OH is 1. The summed E-state index contributed by atoms with van der Waals surface area (Å²) in [6.07, 6.45) is 2.87. The molecule has 1 N–H and O–H groups in total. The minimum absolute atomic E-state index is 0.239. The van der Waals surface area contributed by atoms with Crippen LogP contribution in [0.5, 0.6) is 0 Å². The van der Waals surface area contributed by atoms with Gasteiger partial charge in [0.25, 0.3) is 5.56 Å². The molecule has 1 aromatic heterocycles. The molecule has 1 amide bonds. The summed E-state index contributed by atoms with van der Waals surface area (Å²) in [6, 6.07) is 4.74. The second-order valence-electron chi connectivity index (χ2n) is 7.90. The van der Waals surface area contributed by atoms with Crippen LogP contribution in [0.1, 0.15) is 30.9 Å². The molecule has 2 aliphatic rings. The molecule has 0 aliphatic carbocycles. The number of rotatable bonds is 4. The maximum Gasteiger partial charge on any atom is 0.269 e. The molecule has 7 nitrogen and oxygen atoms in total. The van der Waals surface area contributed by atoms with E-state index in [0.717, 1.165) is 12.1 Å². The highest BCUT2D eigenvalue weighted by Gasteiger charge is 2.28. The lowest BCUT2D eigenvalue weighted by atomic mass is 10.0. The van der Waals surface area contributed by atoms with E-state index in [9.17, 15) is 23.5 Å². The molecular formula is C21H24F2N4O3. The van der Waals surface area contributed by atoms with Crippen LogP contribution in [0.15, 0.2) is 35.3 Å². The smallest absolute Gasteiger partial charge is 0.269 e. The van der Waals surface area contributed by atoms with Crippen LogP contribution in [0.4, 0.5) is 14.5 Å². The predicted octanol–water partition coefficient (Wildman–Crippen LogP) is 1.50. The van der Waals surface area contributed by atoms with Gasteiger partial charge in [0.05, 0.1) is 30.5 Å². The maximum atomic E-state index is 13.9. The number of carbonyl (C=O) groups excluding carboxylic acids is 1. The summed E-state index contributed by atoms with van der Waals surface area (Å²) in [4.78, 5) is 28.8. The van der Waals surface area contributed by atoms with E-state index < -0.39 is 17.7 Å². The lowest BCUT2D eigenvalue weighted by Crippen LogP contribution is -2.44. The molecule has 2 aromatic rings. The number of hydrogen-bond donors (Lipinski definition) is 1. The van der Waals surface area contributed by atoms with Crippen LogP contribution in [0.3, 0.4) is 0 Å². The van der Waals surface area contributed by atoms with Crippen molar-refractivity contribution in [2.75, 3.05) is 31.1 Å². The monoisotopic (exact) mass is 418 g/mol. The molecular weight excluding hydrogens is 394 g/mol. The summed E-state index contributed by atoms with van der Waals surface area (Å²) in [5.74, 6) is -1.85. The standard InChI is InChI=1S/C21H24F2N4O3/c22-18-4-1-5-19(23)17(18)10-20(29)26-7-2-3-14(12-26)27-21(30)9-15(11-24-27)25-8-6-16(28)13-25/h1,4-5,9,11,14,16,28H,2-3,6-8,10,12-13H2/t14-,16+/m1/s1. The van der Waals surface area contributed by atoms with Gasteiger partial charge < -0.3 is 14.9 Å². The molecule has 3 heterocycles. The summed E-state index contributed by atoms with van der Waals surface area (Å²) in [7, 11) is 0. The van der Waals surface area contributed by atoms with Crippen molar-refractivity contribution < 1.29 is 18.7 Å². The largest absolute Gasteiger partial charge is 0.391 e. The molecule has 0 unspecified atom stereocenters. The molecule has 30 heavy (non-hydrogen) atoms. The molecule has 160 valence electrons. The van der Waals surface area contributed by atoms with E-state index >= 15 is 0 Å². The Kier molecular flexibility index (Phi) is 5.80. The molecule has 2 fully saturated rings. The average Bonchev–Trinajstić information content (AvgIpc) is 3.17. The molecule has 0 saturated carbocycles. The number of amides is 1. The van der Waals surface area contributed by atoms with E-state index in [1.807, 2.05) is 4.90 Å². The first kappa shape index (κ1) is 20.5. The van der Waals surface area contributed by atoms with Gasteiger partial charge in [-0.05, 0) is 31.4 Å². The maximum absolute atomic E-state index is 13.9. The summed E-state index contributed by atoms with van der Waals surface area (Å²) >= 11 is 0. The number of likely N-dealkylation sites (tertiary alicyclic amines) is 1. The average molecular weight is 418 g/mol. The number of carbonyl (C=O) groups is 1. The fraction of sp³-hybridized carbons (Fsp3) is 0.476. The zero-order valence-corrected chi connectivity index (χ0v) is 16.5. The first-order valence-corrected chi connectivity index (χ1v) is 10.1. The van der Waals surface area contributed by atoms with E-state index in [4.69, 9.17) is 0 Å². The summed E-state index contributed by atoms with van der Waals surface area (Å²) < 4.78 is 29.1. The lowest BCUT2D eigenvalue weighted by molar-refractivity contribution is -0.132. The van der Waals surface area contributed by atoms with Crippen molar-refractivity contribution in [1.82, 2.24) is 14.7 Å². The Morgan fingerprint density at radius 3 is 2.60 bits per heavy atom.